The maximum Gasteiger partial charge on any atom is 0.251 e. The van der Waals surface area contributed by atoms with Crippen LogP contribution in [0, 0.1) is 6.92 Å². The summed E-state index contributed by atoms with van der Waals surface area (Å²) in [5.41, 5.74) is 3.10. The summed E-state index contributed by atoms with van der Waals surface area (Å²) in [5, 5.41) is 3.02. The molecule has 1 heterocycles. The highest BCUT2D eigenvalue weighted by Gasteiger charge is 2.17. The number of anilines is 1. The molecule has 0 saturated carbocycles. The zero-order chi connectivity index (χ0) is 19.1. The fourth-order valence-corrected chi connectivity index (χ4v) is 3.42. The Kier molecular flexibility index (Phi) is 6.71. The van der Waals surface area contributed by atoms with Gasteiger partial charge in [0.25, 0.3) is 5.91 Å². The Bertz CT molecular complexity index is 737. The van der Waals surface area contributed by atoms with Crippen LogP contribution >= 0.6 is 0 Å². The molecule has 27 heavy (non-hydrogen) atoms. The van der Waals surface area contributed by atoms with Crippen LogP contribution in [-0.4, -0.2) is 57.2 Å². The summed E-state index contributed by atoms with van der Waals surface area (Å²) in [6.45, 7) is 7.90. The molecule has 0 bridgehead atoms. The third-order valence-corrected chi connectivity index (χ3v) is 5.03. The Morgan fingerprint density at radius 3 is 2.48 bits per heavy atom. The van der Waals surface area contributed by atoms with E-state index in [0.717, 1.165) is 56.0 Å². The number of piperazine rings is 1. The Balaban J connectivity index is 1.35. The molecule has 0 aromatic heterocycles. The molecule has 1 aliphatic rings. The minimum absolute atomic E-state index is 0.0167. The molecule has 0 aliphatic carbocycles. The molecule has 5 nitrogen and oxygen atoms in total. The Labute approximate surface area is 161 Å². The minimum atomic E-state index is 0.0167. The lowest BCUT2D eigenvalue weighted by Gasteiger charge is -2.36. The lowest BCUT2D eigenvalue weighted by Crippen LogP contribution is -2.47. The van der Waals surface area contributed by atoms with Gasteiger partial charge in [-0.2, -0.15) is 0 Å². The van der Waals surface area contributed by atoms with Gasteiger partial charge in [0.05, 0.1) is 7.11 Å². The average molecular weight is 367 g/mol. The van der Waals surface area contributed by atoms with Crippen molar-refractivity contribution in [3.63, 3.8) is 0 Å². The second-order valence-electron chi connectivity index (χ2n) is 7.01. The van der Waals surface area contributed by atoms with E-state index in [9.17, 15) is 4.79 Å². The van der Waals surface area contributed by atoms with E-state index in [2.05, 4.69) is 27.2 Å². The van der Waals surface area contributed by atoms with Crippen molar-refractivity contribution in [3.05, 3.63) is 59.7 Å². The number of hydrogen-bond acceptors (Lipinski definition) is 4. The second-order valence-corrected chi connectivity index (χ2v) is 7.01. The fraction of sp³-hybridized carbons (Fsp3) is 0.409. The van der Waals surface area contributed by atoms with Gasteiger partial charge in [-0.05, 0) is 56.3 Å². The zero-order valence-corrected chi connectivity index (χ0v) is 16.3. The monoisotopic (exact) mass is 367 g/mol. The van der Waals surface area contributed by atoms with Gasteiger partial charge in [0.15, 0.2) is 0 Å². The van der Waals surface area contributed by atoms with E-state index in [1.165, 1.54) is 5.69 Å². The van der Waals surface area contributed by atoms with Crippen molar-refractivity contribution in [2.75, 3.05) is 51.3 Å². The predicted molar refractivity (Wildman–Crippen MR) is 110 cm³/mol. The molecular formula is C22H29N3O2. The number of carbonyl (C=O) groups is 1. The predicted octanol–water partition coefficient (Wildman–Crippen LogP) is 2.95. The van der Waals surface area contributed by atoms with Crippen molar-refractivity contribution >= 4 is 11.6 Å². The van der Waals surface area contributed by atoms with Crippen molar-refractivity contribution in [1.82, 2.24) is 10.2 Å². The number of hydrogen-bond donors (Lipinski definition) is 1. The van der Waals surface area contributed by atoms with Gasteiger partial charge in [-0.25, -0.2) is 0 Å². The summed E-state index contributed by atoms with van der Waals surface area (Å²) >= 11 is 0. The number of aryl methyl sites for hydroxylation is 1. The van der Waals surface area contributed by atoms with Crippen LogP contribution in [0.4, 0.5) is 5.69 Å². The topological polar surface area (TPSA) is 44.8 Å². The second kappa shape index (κ2) is 9.42. The van der Waals surface area contributed by atoms with E-state index in [4.69, 9.17) is 4.74 Å². The SMILES string of the molecule is COc1ccc(N2CCN(CCCNC(=O)c3cccc(C)c3)CC2)cc1. The number of carbonyl (C=O) groups excluding carboxylic acids is 1. The highest BCUT2D eigenvalue weighted by atomic mass is 16.5. The standard InChI is InChI=1S/C22H29N3O2/c1-18-5-3-6-19(17-18)22(26)23-11-4-12-24-13-15-25(16-14-24)20-7-9-21(27-2)10-8-20/h3,5-10,17H,4,11-16H2,1-2H3,(H,23,26). The largest absolute Gasteiger partial charge is 0.497 e. The van der Waals surface area contributed by atoms with E-state index in [1.807, 2.05) is 43.3 Å². The van der Waals surface area contributed by atoms with E-state index in [1.54, 1.807) is 7.11 Å². The maximum absolute atomic E-state index is 12.2. The van der Waals surface area contributed by atoms with Gasteiger partial charge in [-0.3, -0.25) is 9.69 Å². The molecule has 144 valence electrons. The van der Waals surface area contributed by atoms with E-state index in [-0.39, 0.29) is 5.91 Å². The van der Waals surface area contributed by atoms with Crippen molar-refractivity contribution < 1.29 is 9.53 Å². The molecule has 1 amide bonds. The Morgan fingerprint density at radius 1 is 1.07 bits per heavy atom. The molecule has 2 aromatic rings. The number of amides is 1. The van der Waals surface area contributed by atoms with Crippen LogP contribution in [0.1, 0.15) is 22.3 Å². The highest BCUT2D eigenvalue weighted by Crippen LogP contribution is 2.20. The van der Waals surface area contributed by atoms with Crippen molar-refractivity contribution in [2.45, 2.75) is 13.3 Å². The first-order valence-corrected chi connectivity index (χ1v) is 9.62. The molecule has 1 N–H and O–H groups in total. The van der Waals surface area contributed by atoms with Gasteiger partial charge >= 0.3 is 0 Å². The number of ether oxygens (including phenoxy) is 1. The van der Waals surface area contributed by atoms with Gasteiger partial charge in [0.2, 0.25) is 0 Å². The lowest BCUT2D eigenvalue weighted by atomic mass is 10.1. The van der Waals surface area contributed by atoms with Crippen molar-refractivity contribution in [2.24, 2.45) is 0 Å². The van der Waals surface area contributed by atoms with Gasteiger partial charge in [0.1, 0.15) is 5.75 Å². The molecule has 5 heteroatoms. The van der Waals surface area contributed by atoms with Crippen LogP contribution in [0.2, 0.25) is 0 Å². The number of nitrogens with one attached hydrogen (secondary N) is 1. The Hall–Kier alpha value is -2.53. The summed E-state index contributed by atoms with van der Waals surface area (Å²) < 4.78 is 5.22. The first-order chi connectivity index (χ1) is 13.2. The minimum Gasteiger partial charge on any atom is -0.497 e. The Morgan fingerprint density at radius 2 is 1.81 bits per heavy atom. The number of methoxy groups -OCH3 is 1. The molecule has 1 fully saturated rings. The van der Waals surface area contributed by atoms with Crippen LogP contribution in [-0.2, 0) is 0 Å². The number of benzene rings is 2. The summed E-state index contributed by atoms with van der Waals surface area (Å²) in [5.74, 6) is 0.910. The number of rotatable bonds is 7. The maximum atomic E-state index is 12.2. The summed E-state index contributed by atoms with van der Waals surface area (Å²) in [6, 6.07) is 16.0. The number of nitrogens with zero attached hydrogens (tertiary/aromatic N) is 2. The average Bonchev–Trinajstić information content (AvgIpc) is 2.71. The van der Waals surface area contributed by atoms with Crippen LogP contribution in [0.5, 0.6) is 5.75 Å². The molecule has 1 saturated heterocycles. The summed E-state index contributed by atoms with van der Waals surface area (Å²) in [7, 11) is 1.69. The molecule has 3 rings (SSSR count). The molecule has 0 radical (unpaired) electrons. The third kappa shape index (κ3) is 5.47. The lowest BCUT2D eigenvalue weighted by molar-refractivity contribution is 0.0951. The molecule has 0 unspecified atom stereocenters. The van der Waals surface area contributed by atoms with Gasteiger partial charge in [-0.15, -0.1) is 0 Å². The quantitative estimate of drug-likeness (QED) is 0.765. The first-order valence-electron chi connectivity index (χ1n) is 9.62. The smallest absolute Gasteiger partial charge is 0.251 e. The van der Waals surface area contributed by atoms with E-state index < -0.39 is 0 Å². The van der Waals surface area contributed by atoms with Crippen LogP contribution < -0.4 is 15.0 Å². The first kappa shape index (κ1) is 19.2. The summed E-state index contributed by atoms with van der Waals surface area (Å²) in [6.07, 6.45) is 0.972. The summed E-state index contributed by atoms with van der Waals surface area (Å²) in [4.78, 5) is 17.0. The normalized spacial score (nSPS) is 14.8. The molecule has 1 aliphatic heterocycles. The van der Waals surface area contributed by atoms with Crippen molar-refractivity contribution in [3.8, 4) is 5.75 Å². The molecular weight excluding hydrogens is 338 g/mol. The van der Waals surface area contributed by atoms with Crippen molar-refractivity contribution in [1.29, 1.82) is 0 Å². The van der Waals surface area contributed by atoms with Crippen LogP contribution in [0.25, 0.3) is 0 Å². The van der Waals surface area contributed by atoms with Gasteiger partial charge in [0, 0.05) is 44.0 Å². The van der Waals surface area contributed by atoms with E-state index >= 15 is 0 Å². The van der Waals surface area contributed by atoms with Crippen LogP contribution in [0.15, 0.2) is 48.5 Å². The van der Waals surface area contributed by atoms with Gasteiger partial charge < -0.3 is 15.0 Å². The zero-order valence-electron chi connectivity index (χ0n) is 16.3. The van der Waals surface area contributed by atoms with Gasteiger partial charge in [-0.1, -0.05) is 17.7 Å². The fourth-order valence-electron chi connectivity index (χ4n) is 3.42. The van der Waals surface area contributed by atoms with Crippen LogP contribution in [0.3, 0.4) is 0 Å². The van der Waals surface area contributed by atoms with E-state index in [0.29, 0.717) is 6.54 Å². The molecule has 0 atom stereocenters. The molecule has 0 spiro atoms. The third-order valence-electron chi connectivity index (χ3n) is 5.03. The highest BCUT2D eigenvalue weighted by molar-refractivity contribution is 5.94. The molecule has 2 aromatic carbocycles.